The van der Waals surface area contributed by atoms with Crippen LogP contribution in [0.1, 0.15) is 31.4 Å². The number of anilines is 1. The number of rotatable bonds is 10. The number of aromatic nitrogens is 3. The van der Waals surface area contributed by atoms with Gasteiger partial charge in [0.2, 0.25) is 17.0 Å². The van der Waals surface area contributed by atoms with Crippen LogP contribution in [-0.2, 0) is 21.9 Å². The van der Waals surface area contributed by atoms with Gasteiger partial charge in [0, 0.05) is 10.8 Å². The van der Waals surface area contributed by atoms with Gasteiger partial charge in [0.1, 0.15) is 12.6 Å². The van der Waals surface area contributed by atoms with E-state index >= 15 is 0 Å². The number of H-pyrrole nitrogens is 1. The number of amides is 2. The smallest absolute Gasteiger partial charge is 0.408 e. The Morgan fingerprint density at radius 1 is 1.12 bits per heavy atom. The van der Waals surface area contributed by atoms with Crippen molar-refractivity contribution in [3.05, 3.63) is 70.7 Å². The van der Waals surface area contributed by atoms with Crippen molar-refractivity contribution in [2.24, 2.45) is 5.92 Å². The summed E-state index contributed by atoms with van der Waals surface area (Å²) in [6.07, 6.45) is 0.0337. The van der Waals surface area contributed by atoms with Crippen LogP contribution in [0.4, 0.5) is 10.7 Å². The molecule has 2 atom stereocenters. The molecule has 2 aromatic carbocycles. The molecule has 0 fully saturated rings. The Balaban J connectivity index is 1.53. The summed E-state index contributed by atoms with van der Waals surface area (Å²) in [5, 5.41) is 13.4. The molecule has 8 nitrogen and oxygen atoms in total. The van der Waals surface area contributed by atoms with Gasteiger partial charge in [-0.05, 0) is 29.2 Å². The Morgan fingerprint density at radius 2 is 1.85 bits per heavy atom. The van der Waals surface area contributed by atoms with Crippen molar-refractivity contribution in [2.45, 2.75) is 43.8 Å². The summed E-state index contributed by atoms with van der Waals surface area (Å²) >= 11 is 7.33. The van der Waals surface area contributed by atoms with E-state index in [0.717, 1.165) is 11.1 Å². The Labute approximate surface area is 201 Å². The monoisotopic (exact) mass is 487 g/mol. The van der Waals surface area contributed by atoms with Gasteiger partial charge in [-0.15, -0.1) is 5.10 Å². The Morgan fingerprint density at radius 3 is 2.55 bits per heavy atom. The molecule has 3 rings (SSSR count). The van der Waals surface area contributed by atoms with Crippen molar-refractivity contribution in [1.82, 2.24) is 20.5 Å². The Kier molecular flexibility index (Phi) is 9.14. The summed E-state index contributed by atoms with van der Waals surface area (Å²) in [6, 6.07) is 16.1. The maximum atomic E-state index is 12.9. The van der Waals surface area contributed by atoms with Gasteiger partial charge >= 0.3 is 6.09 Å². The average Bonchev–Trinajstić information content (AvgIpc) is 3.28. The van der Waals surface area contributed by atoms with E-state index in [4.69, 9.17) is 16.3 Å². The molecule has 2 amide bonds. The lowest BCUT2D eigenvalue weighted by molar-refractivity contribution is -0.119. The number of nitrogens with zero attached hydrogens (tertiary/aromatic N) is 2. The fourth-order valence-corrected chi connectivity index (χ4v) is 3.76. The highest BCUT2D eigenvalue weighted by Crippen LogP contribution is 2.21. The van der Waals surface area contributed by atoms with Crippen LogP contribution < -0.4 is 10.6 Å². The molecule has 33 heavy (non-hydrogen) atoms. The normalized spacial score (nSPS) is 12.6. The van der Waals surface area contributed by atoms with E-state index in [-0.39, 0.29) is 18.5 Å². The van der Waals surface area contributed by atoms with Crippen LogP contribution in [0, 0.1) is 5.92 Å². The van der Waals surface area contributed by atoms with Crippen molar-refractivity contribution in [2.75, 3.05) is 5.32 Å². The van der Waals surface area contributed by atoms with E-state index in [2.05, 4.69) is 25.8 Å². The van der Waals surface area contributed by atoms with Crippen LogP contribution in [-0.4, -0.2) is 33.2 Å². The summed E-state index contributed by atoms with van der Waals surface area (Å²) in [4.78, 5) is 29.4. The maximum absolute atomic E-state index is 12.9. The molecule has 0 spiro atoms. The van der Waals surface area contributed by atoms with Crippen molar-refractivity contribution in [3.8, 4) is 0 Å². The summed E-state index contributed by atoms with van der Waals surface area (Å²) in [6.45, 7) is 3.95. The molecule has 0 unspecified atom stereocenters. The van der Waals surface area contributed by atoms with E-state index in [1.54, 1.807) is 0 Å². The lowest BCUT2D eigenvalue weighted by Crippen LogP contribution is -2.48. The number of hydrogen-bond donors (Lipinski definition) is 3. The third kappa shape index (κ3) is 7.80. The molecular weight excluding hydrogens is 462 g/mol. The molecule has 1 heterocycles. The van der Waals surface area contributed by atoms with E-state index in [0.29, 0.717) is 22.4 Å². The first kappa shape index (κ1) is 24.6. The third-order valence-electron chi connectivity index (χ3n) is 4.97. The van der Waals surface area contributed by atoms with Gasteiger partial charge in [0.15, 0.2) is 0 Å². The number of aromatic amines is 1. The van der Waals surface area contributed by atoms with E-state index in [1.165, 1.54) is 11.8 Å². The third-order valence-corrected chi connectivity index (χ3v) is 6.14. The zero-order valence-corrected chi connectivity index (χ0v) is 19.9. The molecule has 0 radical (unpaired) electrons. The van der Waals surface area contributed by atoms with Crippen LogP contribution in [0.15, 0.2) is 59.8 Å². The van der Waals surface area contributed by atoms with Crippen LogP contribution in [0.2, 0.25) is 5.02 Å². The van der Waals surface area contributed by atoms with Gasteiger partial charge in [-0.25, -0.2) is 9.89 Å². The van der Waals surface area contributed by atoms with Crippen LogP contribution in [0.3, 0.4) is 0 Å². The Hall–Kier alpha value is -3.04. The second-order valence-corrected chi connectivity index (χ2v) is 8.82. The largest absolute Gasteiger partial charge is 0.445 e. The molecule has 174 valence electrons. The molecule has 0 aliphatic heterocycles. The first-order chi connectivity index (χ1) is 15.9. The highest BCUT2D eigenvalue weighted by atomic mass is 35.5. The standard InChI is InChI=1S/C23H26ClN5O3S/c1-3-15(2)19(25-23(31)32-13-16-7-5-4-6-8-16)20(30)26-21-27-22(29-28-21)33-14-17-9-11-18(24)12-10-17/h4-12,15,19H,3,13-14H2,1-2H3,(H,25,31)(H2,26,27,28,29,30)/t15-,19-/m0/s1. The van der Waals surface area contributed by atoms with E-state index in [9.17, 15) is 9.59 Å². The van der Waals surface area contributed by atoms with E-state index < -0.39 is 18.0 Å². The SMILES string of the molecule is CC[C@H](C)[C@H](NC(=O)OCc1ccccc1)C(=O)Nc1nc(SCc2ccc(Cl)cc2)n[nH]1. The fourth-order valence-electron chi connectivity index (χ4n) is 2.88. The van der Waals surface area contributed by atoms with Gasteiger partial charge in [0.05, 0.1) is 0 Å². The quantitative estimate of drug-likeness (QED) is 0.346. The molecule has 3 aromatic rings. The molecular formula is C23H26ClN5O3S. The summed E-state index contributed by atoms with van der Waals surface area (Å²) in [5.41, 5.74) is 1.94. The van der Waals surface area contributed by atoms with Gasteiger partial charge in [-0.1, -0.05) is 86.1 Å². The first-order valence-corrected chi connectivity index (χ1v) is 11.9. The topological polar surface area (TPSA) is 109 Å². The molecule has 10 heteroatoms. The van der Waals surface area contributed by atoms with Crippen molar-refractivity contribution in [1.29, 1.82) is 0 Å². The molecule has 0 saturated carbocycles. The molecule has 0 aliphatic carbocycles. The van der Waals surface area contributed by atoms with Crippen LogP contribution in [0.25, 0.3) is 0 Å². The van der Waals surface area contributed by atoms with Gasteiger partial charge in [-0.3, -0.25) is 10.1 Å². The van der Waals surface area contributed by atoms with Crippen molar-refractivity contribution < 1.29 is 14.3 Å². The zero-order chi connectivity index (χ0) is 23.6. The summed E-state index contributed by atoms with van der Waals surface area (Å²) in [7, 11) is 0. The maximum Gasteiger partial charge on any atom is 0.408 e. The molecule has 1 aromatic heterocycles. The minimum atomic E-state index is -0.784. The highest BCUT2D eigenvalue weighted by molar-refractivity contribution is 7.98. The van der Waals surface area contributed by atoms with Gasteiger partial charge in [0.25, 0.3) is 0 Å². The zero-order valence-electron chi connectivity index (χ0n) is 18.4. The van der Waals surface area contributed by atoms with Crippen molar-refractivity contribution in [3.63, 3.8) is 0 Å². The number of nitrogens with one attached hydrogen (secondary N) is 3. The lowest BCUT2D eigenvalue weighted by atomic mass is 9.98. The predicted octanol–water partition coefficient (Wildman–Crippen LogP) is 5.03. The predicted molar refractivity (Wildman–Crippen MR) is 129 cm³/mol. The Bertz CT molecular complexity index is 1050. The fraction of sp³-hybridized carbons (Fsp3) is 0.304. The number of halogens is 1. The number of alkyl carbamates (subject to hydrolysis) is 1. The number of hydrogen-bond acceptors (Lipinski definition) is 6. The molecule has 0 saturated heterocycles. The number of thioether (sulfide) groups is 1. The number of ether oxygens (including phenoxy) is 1. The summed E-state index contributed by atoms with van der Waals surface area (Å²) in [5.74, 6) is 0.362. The molecule has 0 aliphatic rings. The number of benzene rings is 2. The molecule has 3 N–H and O–H groups in total. The lowest BCUT2D eigenvalue weighted by Gasteiger charge is -2.22. The number of carbonyl (C=O) groups excluding carboxylic acids is 2. The summed E-state index contributed by atoms with van der Waals surface area (Å²) < 4.78 is 5.26. The second-order valence-electron chi connectivity index (χ2n) is 7.44. The highest BCUT2D eigenvalue weighted by Gasteiger charge is 2.27. The number of carbonyl (C=O) groups is 2. The van der Waals surface area contributed by atoms with Crippen molar-refractivity contribution >= 4 is 41.3 Å². The average molecular weight is 488 g/mol. The minimum Gasteiger partial charge on any atom is -0.445 e. The van der Waals surface area contributed by atoms with Gasteiger partial charge < -0.3 is 10.1 Å². The van der Waals surface area contributed by atoms with Crippen LogP contribution in [0.5, 0.6) is 0 Å². The minimum absolute atomic E-state index is 0.115. The second kappa shape index (κ2) is 12.3. The van der Waals surface area contributed by atoms with Gasteiger partial charge in [-0.2, -0.15) is 4.98 Å². The molecule has 0 bridgehead atoms. The van der Waals surface area contributed by atoms with E-state index in [1.807, 2.05) is 68.4 Å². The first-order valence-electron chi connectivity index (χ1n) is 10.5. The van der Waals surface area contributed by atoms with Crippen LogP contribution >= 0.6 is 23.4 Å².